The molecule has 2 aliphatic carbocycles. The molecule has 18 heavy (non-hydrogen) atoms. The van der Waals surface area contributed by atoms with Crippen LogP contribution in [-0.2, 0) is 0 Å². The molecule has 2 fully saturated rings. The van der Waals surface area contributed by atoms with Crippen molar-refractivity contribution in [2.24, 2.45) is 23.7 Å². The Morgan fingerprint density at radius 1 is 1.11 bits per heavy atom. The Morgan fingerprint density at radius 3 is 2.33 bits per heavy atom. The molecule has 1 N–H and O–H groups in total. The molecule has 0 aromatic carbocycles. The summed E-state index contributed by atoms with van der Waals surface area (Å²) in [5.41, 5.74) is -0.314. The van der Waals surface area contributed by atoms with Gasteiger partial charge < -0.3 is 5.11 Å². The molecule has 0 aromatic heterocycles. The highest BCUT2D eigenvalue weighted by Gasteiger charge is 2.42. The summed E-state index contributed by atoms with van der Waals surface area (Å²) in [4.78, 5) is 0. The molecule has 0 saturated heterocycles. The molecule has 106 valence electrons. The van der Waals surface area contributed by atoms with Crippen LogP contribution in [0.2, 0.25) is 0 Å². The van der Waals surface area contributed by atoms with Gasteiger partial charge in [-0.3, -0.25) is 0 Å². The molecule has 1 heteroatoms. The first-order valence-corrected chi connectivity index (χ1v) is 8.27. The lowest BCUT2D eigenvalue weighted by molar-refractivity contribution is -0.0852. The fraction of sp³-hybridized carbons (Fsp3) is 1.00. The maximum absolute atomic E-state index is 11.1. The number of rotatable bonds is 3. The van der Waals surface area contributed by atoms with Gasteiger partial charge in [0.1, 0.15) is 0 Å². The third kappa shape index (κ3) is 3.10. The first-order chi connectivity index (χ1) is 8.55. The van der Waals surface area contributed by atoms with Crippen LogP contribution in [0.5, 0.6) is 0 Å². The maximum Gasteiger partial charge on any atom is 0.0678 e. The van der Waals surface area contributed by atoms with E-state index in [9.17, 15) is 5.11 Å². The molecule has 2 rings (SSSR count). The average molecular weight is 252 g/mol. The molecule has 0 bridgehead atoms. The highest BCUT2D eigenvalue weighted by molar-refractivity contribution is 4.94. The van der Waals surface area contributed by atoms with Gasteiger partial charge in [0.25, 0.3) is 0 Å². The van der Waals surface area contributed by atoms with Crippen LogP contribution in [0.3, 0.4) is 0 Å². The summed E-state index contributed by atoms with van der Waals surface area (Å²) >= 11 is 0. The third-order valence-electron chi connectivity index (χ3n) is 5.93. The van der Waals surface area contributed by atoms with Crippen LogP contribution in [-0.4, -0.2) is 10.7 Å². The smallest absolute Gasteiger partial charge is 0.0678 e. The Balaban J connectivity index is 1.94. The van der Waals surface area contributed by atoms with Gasteiger partial charge in [0.2, 0.25) is 0 Å². The van der Waals surface area contributed by atoms with Crippen molar-refractivity contribution in [3.05, 3.63) is 0 Å². The van der Waals surface area contributed by atoms with Gasteiger partial charge >= 0.3 is 0 Å². The van der Waals surface area contributed by atoms with Crippen LogP contribution in [0, 0.1) is 23.7 Å². The zero-order chi connectivity index (χ0) is 13.2. The van der Waals surface area contributed by atoms with Crippen molar-refractivity contribution in [1.82, 2.24) is 0 Å². The van der Waals surface area contributed by atoms with Crippen LogP contribution >= 0.6 is 0 Å². The predicted molar refractivity (Wildman–Crippen MR) is 77.5 cm³/mol. The molecule has 0 heterocycles. The largest absolute Gasteiger partial charge is 0.390 e. The lowest BCUT2D eigenvalue weighted by Gasteiger charge is -2.46. The second-order valence-electron chi connectivity index (χ2n) is 7.33. The van der Waals surface area contributed by atoms with Crippen LogP contribution in [0.1, 0.15) is 78.6 Å². The number of hydrogen-bond acceptors (Lipinski definition) is 1. The van der Waals surface area contributed by atoms with Crippen LogP contribution in [0.15, 0.2) is 0 Å². The van der Waals surface area contributed by atoms with Crippen molar-refractivity contribution in [1.29, 1.82) is 0 Å². The molecular weight excluding hydrogens is 220 g/mol. The highest BCUT2D eigenvalue weighted by atomic mass is 16.3. The number of aliphatic hydroxyl groups is 1. The monoisotopic (exact) mass is 252 g/mol. The molecular formula is C17H32O. The minimum Gasteiger partial charge on any atom is -0.390 e. The van der Waals surface area contributed by atoms with Crippen LogP contribution < -0.4 is 0 Å². The van der Waals surface area contributed by atoms with Crippen molar-refractivity contribution in [3.8, 4) is 0 Å². The van der Waals surface area contributed by atoms with E-state index in [1.54, 1.807) is 0 Å². The van der Waals surface area contributed by atoms with Crippen LogP contribution in [0.25, 0.3) is 0 Å². The second-order valence-corrected chi connectivity index (χ2v) is 7.33. The summed E-state index contributed by atoms with van der Waals surface area (Å²) in [6.45, 7) is 6.96. The standard InChI is InChI=1S/C17H32O/c1-4-14-7-9-16(10-8-14)17(18)11-5-6-15(12-17)13(2)3/h13-16,18H,4-12H2,1-3H3. The van der Waals surface area contributed by atoms with Crippen LogP contribution in [0.4, 0.5) is 0 Å². The van der Waals surface area contributed by atoms with E-state index in [-0.39, 0.29) is 5.60 Å². The zero-order valence-electron chi connectivity index (χ0n) is 12.6. The summed E-state index contributed by atoms with van der Waals surface area (Å²) in [6, 6.07) is 0. The molecule has 0 aliphatic heterocycles. The van der Waals surface area contributed by atoms with E-state index >= 15 is 0 Å². The fourth-order valence-corrected chi connectivity index (χ4v) is 4.38. The minimum absolute atomic E-state index is 0.314. The molecule has 0 amide bonds. The quantitative estimate of drug-likeness (QED) is 0.766. The summed E-state index contributed by atoms with van der Waals surface area (Å²) < 4.78 is 0. The Morgan fingerprint density at radius 2 is 1.78 bits per heavy atom. The third-order valence-corrected chi connectivity index (χ3v) is 5.93. The second kappa shape index (κ2) is 5.94. The van der Waals surface area contributed by atoms with Gasteiger partial charge in [-0.2, -0.15) is 0 Å². The lowest BCUT2D eigenvalue weighted by atomic mass is 9.64. The Bertz CT molecular complexity index is 252. The van der Waals surface area contributed by atoms with E-state index in [2.05, 4.69) is 20.8 Å². The van der Waals surface area contributed by atoms with Gasteiger partial charge in [-0.1, -0.05) is 46.5 Å². The molecule has 2 saturated carbocycles. The molecule has 2 aliphatic rings. The normalized spacial score (nSPS) is 42.2. The Labute approximate surface area is 113 Å². The predicted octanol–water partition coefficient (Wildman–Crippen LogP) is 4.78. The molecule has 0 spiro atoms. The lowest BCUT2D eigenvalue weighted by Crippen LogP contribution is -2.44. The minimum atomic E-state index is -0.314. The van der Waals surface area contributed by atoms with E-state index in [1.165, 1.54) is 44.9 Å². The van der Waals surface area contributed by atoms with Crippen molar-refractivity contribution in [2.75, 3.05) is 0 Å². The van der Waals surface area contributed by atoms with Crippen molar-refractivity contribution >= 4 is 0 Å². The number of hydrogen-bond donors (Lipinski definition) is 1. The van der Waals surface area contributed by atoms with Crippen molar-refractivity contribution in [2.45, 2.75) is 84.2 Å². The van der Waals surface area contributed by atoms with Gasteiger partial charge in [-0.05, 0) is 55.8 Å². The topological polar surface area (TPSA) is 20.2 Å². The maximum atomic E-state index is 11.1. The van der Waals surface area contributed by atoms with E-state index < -0.39 is 0 Å². The Hall–Kier alpha value is -0.0400. The Kier molecular flexibility index (Phi) is 4.75. The average Bonchev–Trinajstić information content (AvgIpc) is 2.39. The molecule has 1 nitrogen and oxygen atoms in total. The van der Waals surface area contributed by atoms with Gasteiger partial charge in [0.05, 0.1) is 5.60 Å². The highest BCUT2D eigenvalue weighted by Crippen LogP contribution is 2.46. The van der Waals surface area contributed by atoms with Gasteiger partial charge in [-0.25, -0.2) is 0 Å². The molecule has 2 atom stereocenters. The van der Waals surface area contributed by atoms with Crippen molar-refractivity contribution in [3.63, 3.8) is 0 Å². The fourth-order valence-electron chi connectivity index (χ4n) is 4.38. The summed E-state index contributed by atoms with van der Waals surface area (Å²) in [7, 11) is 0. The molecule has 0 radical (unpaired) electrons. The van der Waals surface area contributed by atoms with Crippen molar-refractivity contribution < 1.29 is 5.11 Å². The zero-order valence-corrected chi connectivity index (χ0v) is 12.6. The summed E-state index contributed by atoms with van der Waals surface area (Å²) in [5.74, 6) is 3.03. The van der Waals surface area contributed by atoms with Gasteiger partial charge in [0, 0.05) is 0 Å². The SMILES string of the molecule is CCC1CCC(C2(O)CCCC(C(C)C)C2)CC1. The van der Waals surface area contributed by atoms with E-state index in [4.69, 9.17) is 0 Å². The molecule has 0 aromatic rings. The summed E-state index contributed by atoms with van der Waals surface area (Å²) in [5, 5.41) is 11.1. The molecule has 2 unspecified atom stereocenters. The van der Waals surface area contributed by atoms with E-state index in [0.29, 0.717) is 5.92 Å². The van der Waals surface area contributed by atoms with Gasteiger partial charge in [0.15, 0.2) is 0 Å². The summed E-state index contributed by atoms with van der Waals surface area (Å²) in [6.07, 6.45) is 11.3. The first-order valence-electron chi connectivity index (χ1n) is 8.27. The van der Waals surface area contributed by atoms with Gasteiger partial charge in [-0.15, -0.1) is 0 Å². The first kappa shape index (κ1) is 14.4. The van der Waals surface area contributed by atoms with E-state index in [1.807, 2.05) is 0 Å². The van der Waals surface area contributed by atoms with E-state index in [0.717, 1.165) is 30.6 Å².